The van der Waals surface area contributed by atoms with Gasteiger partial charge < -0.3 is 10.4 Å². The molecule has 0 aromatic carbocycles. The number of hydrogen-bond acceptors (Lipinski definition) is 4. The summed E-state index contributed by atoms with van der Waals surface area (Å²) in [5.74, 6) is 0.760. The summed E-state index contributed by atoms with van der Waals surface area (Å²) in [7, 11) is 0. The minimum atomic E-state index is -0.284. The first-order valence-corrected chi connectivity index (χ1v) is 4.87. The van der Waals surface area contributed by atoms with Crippen molar-refractivity contribution in [2.24, 2.45) is 0 Å². The number of rotatable bonds is 4. The third kappa shape index (κ3) is 3.69. The Morgan fingerprint density at radius 3 is 3.08 bits per heavy atom. The molecular weight excluding hydrogens is 234 g/mol. The van der Waals surface area contributed by atoms with Crippen LogP contribution in [0.15, 0.2) is 17.0 Å². The number of nitrogens with one attached hydrogen (secondary N) is 1. The fraction of sp³-hybridized carbons (Fsp3) is 0.500. The van der Waals surface area contributed by atoms with Crippen molar-refractivity contribution < 1.29 is 5.11 Å². The lowest BCUT2D eigenvalue weighted by Gasteiger charge is -2.07. The molecule has 1 rings (SSSR count). The number of aromatic nitrogens is 2. The molecule has 13 heavy (non-hydrogen) atoms. The van der Waals surface area contributed by atoms with Gasteiger partial charge in [0.1, 0.15) is 12.1 Å². The van der Waals surface area contributed by atoms with Gasteiger partial charge in [-0.15, -0.1) is 0 Å². The molecule has 1 aromatic rings. The van der Waals surface area contributed by atoms with Crippen LogP contribution < -0.4 is 5.32 Å². The lowest BCUT2D eigenvalue weighted by molar-refractivity contribution is 0.188. The molecule has 0 amide bonds. The Morgan fingerprint density at radius 2 is 2.46 bits per heavy atom. The molecule has 0 aliphatic rings. The number of aliphatic hydroxyl groups excluding tert-OH is 1. The van der Waals surface area contributed by atoms with E-state index in [4.69, 9.17) is 5.11 Å². The molecule has 0 spiro atoms. The van der Waals surface area contributed by atoms with E-state index in [1.807, 2.05) is 0 Å². The highest BCUT2D eigenvalue weighted by Crippen LogP contribution is 2.16. The average molecular weight is 246 g/mol. The number of aliphatic hydroxyl groups is 1. The van der Waals surface area contributed by atoms with E-state index in [0.29, 0.717) is 13.0 Å². The van der Waals surface area contributed by atoms with Crippen molar-refractivity contribution in [3.63, 3.8) is 0 Å². The van der Waals surface area contributed by atoms with Crippen LogP contribution in [0.4, 0.5) is 5.82 Å². The number of halogens is 1. The summed E-state index contributed by atoms with van der Waals surface area (Å²) in [5.41, 5.74) is 0. The molecule has 0 saturated heterocycles. The van der Waals surface area contributed by atoms with Crippen molar-refractivity contribution in [1.82, 2.24) is 9.97 Å². The second kappa shape index (κ2) is 5.14. The van der Waals surface area contributed by atoms with Crippen LogP contribution in [0.5, 0.6) is 0 Å². The molecule has 0 saturated carbocycles. The highest BCUT2D eigenvalue weighted by Gasteiger charge is 2.00. The van der Waals surface area contributed by atoms with Gasteiger partial charge in [0.25, 0.3) is 0 Å². The van der Waals surface area contributed by atoms with Crippen molar-refractivity contribution in [3.05, 3.63) is 17.0 Å². The average Bonchev–Trinajstić information content (AvgIpc) is 2.08. The van der Waals surface area contributed by atoms with Gasteiger partial charge in [-0.1, -0.05) is 0 Å². The van der Waals surface area contributed by atoms with Crippen LogP contribution in [-0.4, -0.2) is 27.7 Å². The highest BCUT2D eigenvalue weighted by molar-refractivity contribution is 9.10. The molecule has 1 atom stereocenters. The van der Waals surface area contributed by atoms with Crippen LogP contribution in [0.25, 0.3) is 0 Å². The van der Waals surface area contributed by atoms with Gasteiger partial charge >= 0.3 is 0 Å². The normalized spacial score (nSPS) is 12.5. The molecule has 1 heterocycles. The van der Waals surface area contributed by atoms with Crippen molar-refractivity contribution >= 4 is 21.7 Å². The Labute approximate surface area is 85.5 Å². The standard InChI is InChI=1S/C8H12BrN3O/c1-6(13)2-3-11-8-7(9)4-10-5-12-8/h4-6,13H,2-3H2,1H3,(H,10,11,12). The zero-order valence-corrected chi connectivity index (χ0v) is 8.95. The van der Waals surface area contributed by atoms with Gasteiger partial charge in [-0.05, 0) is 29.3 Å². The molecule has 1 aromatic heterocycles. The van der Waals surface area contributed by atoms with E-state index in [1.54, 1.807) is 13.1 Å². The number of hydrogen-bond donors (Lipinski definition) is 2. The zero-order chi connectivity index (χ0) is 9.68. The molecule has 0 aliphatic carbocycles. The maximum Gasteiger partial charge on any atom is 0.143 e. The van der Waals surface area contributed by atoms with Gasteiger partial charge in [-0.2, -0.15) is 0 Å². The Morgan fingerprint density at radius 1 is 1.69 bits per heavy atom. The van der Waals surface area contributed by atoms with E-state index >= 15 is 0 Å². The first-order valence-electron chi connectivity index (χ1n) is 4.07. The van der Waals surface area contributed by atoms with Crippen molar-refractivity contribution in [3.8, 4) is 0 Å². The van der Waals surface area contributed by atoms with Crippen molar-refractivity contribution in [2.45, 2.75) is 19.4 Å². The summed E-state index contributed by atoms with van der Waals surface area (Å²) in [5, 5.41) is 12.1. The summed E-state index contributed by atoms with van der Waals surface area (Å²) in [6.07, 6.45) is 3.58. The molecule has 0 fully saturated rings. The molecule has 4 nitrogen and oxygen atoms in total. The van der Waals surface area contributed by atoms with Gasteiger partial charge in [-0.25, -0.2) is 9.97 Å². The monoisotopic (exact) mass is 245 g/mol. The number of nitrogens with zero attached hydrogens (tertiary/aromatic N) is 2. The van der Waals surface area contributed by atoms with E-state index in [1.165, 1.54) is 6.33 Å². The fourth-order valence-corrected chi connectivity index (χ4v) is 1.20. The first-order chi connectivity index (χ1) is 6.20. The van der Waals surface area contributed by atoms with Gasteiger partial charge in [-0.3, -0.25) is 0 Å². The van der Waals surface area contributed by atoms with E-state index in [9.17, 15) is 0 Å². The molecule has 1 unspecified atom stereocenters. The van der Waals surface area contributed by atoms with E-state index < -0.39 is 0 Å². The quantitative estimate of drug-likeness (QED) is 0.843. The lowest BCUT2D eigenvalue weighted by Crippen LogP contribution is -2.10. The summed E-state index contributed by atoms with van der Waals surface area (Å²) in [4.78, 5) is 7.87. The van der Waals surface area contributed by atoms with Gasteiger partial charge in [0.05, 0.1) is 10.6 Å². The predicted molar refractivity (Wildman–Crippen MR) is 54.5 cm³/mol. The van der Waals surface area contributed by atoms with E-state index in [0.717, 1.165) is 10.3 Å². The first kappa shape index (κ1) is 10.4. The molecule has 0 radical (unpaired) electrons. The summed E-state index contributed by atoms with van der Waals surface area (Å²) >= 11 is 3.31. The predicted octanol–water partition coefficient (Wildman–Crippen LogP) is 1.42. The van der Waals surface area contributed by atoms with Crippen LogP contribution in [0.1, 0.15) is 13.3 Å². The topological polar surface area (TPSA) is 58.0 Å². The highest BCUT2D eigenvalue weighted by atomic mass is 79.9. The Kier molecular flexibility index (Phi) is 4.11. The molecular formula is C8H12BrN3O. The van der Waals surface area contributed by atoms with Crippen LogP contribution in [0, 0.1) is 0 Å². The van der Waals surface area contributed by atoms with E-state index in [-0.39, 0.29) is 6.10 Å². The SMILES string of the molecule is CC(O)CCNc1ncncc1Br. The largest absolute Gasteiger partial charge is 0.393 e. The van der Waals surface area contributed by atoms with Gasteiger partial charge in [0.15, 0.2) is 0 Å². The van der Waals surface area contributed by atoms with Gasteiger partial charge in [0, 0.05) is 12.7 Å². The summed E-state index contributed by atoms with van der Waals surface area (Å²) in [6, 6.07) is 0. The zero-order valence-electron chi connectivity index (χ0n) is 7.37. The maximum atomic E-state index is 9.02. The Balaban J connectivity index is 2.41. The van der Waals surface area contributed by atoms with Crippen LogP contribution >= 0.6 is 15.9 Å². The van der Waals surface area contributed by atoms with Crippen LogP contribution in [0.3, 0.4) is 0 Å². The molecule has 2 N–H and O–H groups in total. The molecule has 0 bridgehead atoms. The van der Waals surface area contributed by atoms with Crippen LogP contribution in [0.2, 0.25) is 0 Å². The summed E-state index contributed by atoms with van der Waals surface area (Å²) in [6.45, 7) is 2.46. The summed E-state index contributed by atoms with van der Waals surface area (Å²) < 4.78 is 0.834. The van der Waals surface area contributed by atoms with Crippen molar-refractivity contribution in [2.75, 3.05) is 11.9 Å². The smallest absolute Gasteiger partial charge is 0.143 e. The molecule has 5 heteroatoms. The fourth-order valence-electron chi connectivity index (χ4n) is 0.842. The Bertz CT molecular complexity index is 267. The minimum Gasteiger partial charge on any atom is -0.393 e. The van der Waals surface area contributed by atoms with E-state index in [2.05, 4.69) is 31.2 Å². The lowest BCUT2D eigenvalue weighted by atomic mass is 10.3. The Hall–Kier alpha value is -0.680. The minimum absolute atomic E-state index is 0.284. The molecule has 72 valence electrons. The van der Waals surface area contributed by atoms with Crippen LogP contribution in [-0.2, 0) is 0 Å². The molecule has 0 aliphatic heterocycles. The third-order valence-corrected chi connectivity index (χ3v) is 2.10. The van der Waals surface area contributed by atoms with Crippen molar-refractivity contribution in [1.29, 1.82) is 0 Å². The second-order valence-electron chi connectivity index (χ2n) is 2.78. The third-order valence-electron chi connectivity index (χ3n) is 1.52. The maximum absolute atomic E-state index is 9.02. The second-order valence-corrected chi connectivity index (χ2v) is 3.64. The number of anilines is 1. The van der Waals surface area contributed by atoms with Gasteiger partial charge in [0.2, 0.25) is 0 Å².